The van der Waals surface area contributed by atoms with Crippen molar-refractivity contribution in [3.05, 3.63) is 50.9 Å². The highest BCUT2D eigenvalue weighted by atomic mass is 35.5. The Morgan fingerprint density at radius 3 is 2.72 bits per heavy atom. The Balaban J connectivity index is 1.94. The van der Waals surface area contributed by atoms with E-state index in [0.717, 1.165) is 11.3 Å². The fraction of sp³-hybridized carbons (Fsp3) is 0.308. The number of hydrogen-bond acceptors (Lipinski definition) is 2. The van der Waals surface area contributed by atoms with Crippen molar-refractivity contribution in [2.75, 3.05) is 6.61 Å². The van der Waals surface area contributed by atoms with Crippen molar-refractivity contribution in [1.82, 2.24) is 9.78 Å². The molecule has 1 N–H and O–H groups in total. The summed E-state index contributed by atoms with van der Waals surface area (Å²) >= 11 is 6.00. The Morgan fingerprint density at radius 2 is 2.11 bits per heavy atom. The van der Waals surface area contributed by atoms with Crippen LogP contribution in [0.25, 0.3) is 0 Å². The SMILES string of the molecule is Cc1cc(=O)n(CCOc2ccc(C)c(Cl)c2)[nH]1. The Hall–Kier alpha value is -1.68. The maximum atomic E-state index is 11.4. The molecule has 1 heterocycles. The van der Waals surface area contributed by atoms with Crippen LogP contribution in [0.2, 0.25) is 5.02 Å². The molecule has 2 aromatic rings. The fourth-order valence-corrected chi connectivity index (χ4v) is 1.82. The number of benzene rings is 1. The van der Waals surface area contributed by atoms with Crippen LogP contribution in [-0.2, 0) is 6.54 Å². The zero-order valence-electron chi connectivity index (χ0n) is 10.4. The first-order chi connectivity index (χ1) is 8.56. The molecule has 96 valence electrons. The second-order valence-electron chi connectivity index (χ2n) is 4.19. The summed E-state index contributed by atoms with van der Waals surface area (Å²) in [6.45, 7) is 4.68. The molecule has 0 saturated carbocycles. The van der Waals surface area contributed by atoms with Crippen LogP contribution >= 0.6 is 11.6 Å². The van der Waals surface area contributed by atoms with Crippen molar-refractivity contribution in [1.29, 1.82) is 0 Å². The molecule has 1 aromatic carbocycles. The maximum absolute atomic E-state index is 11.4. The number of aromatic amines is 1. The summed E-state index contributed by atoms with van der Waals surface area (Å²) in [5.74, 6) is 0.710. The topological polar surface area (TPSA) is 47.0 Å². The van der Waals surface area contributed by atoms with Gasteiger partial charge in [0.15, 0.2) is 0 Å². The van der Waals surface area contributed by atoms with Crippen molar-refractivity contribution in [2.45, 2.75) is 20.4 Å². The predicted molar refractivity (Wildman–Crippen MR) is 71.5 cm³/mol. The molecule has 0 fully saturated rings. The molecule has 0 aliphatic carbocycles. The molecular formula is C13H15ClN2O2. The van der Waals surface area contributed by atoms with Gasteiger partial charge in [0.1, 0.15) is 12.4 Å². The minimum atomic E-state index is -0.0435. The van der Waals surface area contributed by atoms with Gasteiger partial charge < -0.3 is 4.74 Å². The number of nitrogens with zero attached hydrogens (tertiary/aromatic N) is 1. The lowest BCUT2D eigenvalue weighted by Gasteiger charge is -2.07. The van der Waals surface area contributed by atoms with Crippen molar-refractivity contribution in [3.8, 4) is 5.75 Å². The highest BCUT2D eigenvalue weighted by molar-refractivity contribution is 6.31. The standard InChI is InChI=1S/C13H15ClN2O2/c1-9-3-4-11(8-12(9)14)18-6-5-16-13(17)7-10(2)15-16/h3-4,7-8,15H,5-6H2,1-2H3. The Morgan fingerprint density at radius 1 is 1.33 bits per heavy atom. The second-order valence-corrected chi connectivity index (χ2v) is 4.60. The van der Waals surface area contributed by atoms with E-state index in [9.17, 15) is 4.79 Å². The number of nitrogens with one attached hydrogen (secondary N) is 1. The van der Waals surface area contributed by atoms with Crippen LogP contribution in [0.15, 0.2) is 29.1 Å². The van der Waals surface area contributed by atoms with Gasteiger partial charge >= 0.3 is 0 Å². The van der Waals surface area contributed by atoms with Crippen LogP contribution < -0.4 is 10.3 Å². The highest BCUT2D eigenvalue weighted by Crippen LogP contribution is 2.21. The van der Waals surface area contributed by atoms with Crippen LogP contribution in [-0.4, -0.2) is 16.4 Å². The smallest absolute Gasteiger partial charge is 0.266 e. The first kappa shape index (κ1) is 12.8. The molecule has 0 unspecified atom stereocenters. The maximum Gasteiger partial charge on any atom is 0.266 e. The lowest BCUT2D eigenvalue weighted by molar-refractivity contribution is 0.289. The van der Waals surface area contributed by atoms with Gasteiger partial charge in [-0.25, -0.2) is 4.68 Å². The first-order valence-electron chi connectivity index (χ1n) is 5.71. The van der Waals surface area contributed by atoms with Gasteiger partial charge in [0.2, 0.25) is 0 Å². The third kappa shape index (κ3) is 2.96. The van der Waals surface area contributed by atoms with E-state index in [1.54, 1.807) is 12.1 Å². The van der Waals surface area contributed by atoms with E-state index in [2.05, 4.69) is 5.10 Å². The zero-order valence-corrected chi connectivity index (χ0v) is 11.1. The summed E-state index contributed by atoms with van der Waals surface area (Å²) in [6.07, 6.45) is 0. The molecular weight excluding hydrogens is 252 g/mol. The molecule has 4 nitrogen and oxygen atoms in total. The average molecular weight is 267 g/mol. The summed E-state index contributed by atoms with van der Waals surface area (Å²) in [5.41, 5.74) is 1.82. The number of ether oxygens (including phenoxy) is 1. The van der Waals surface area contributed by atoms with Gasteiger partial charge in [0.25, 0.3) is 5.56 Å². The predicted octanol–water partition coefficient (Wildman–Crippen LogP) is 2.53. The van der Waals surface area contributed by atoms with Crippen LogP contribution in [0.5, 0.6) is 5.75 Å². The van der Waals surface area contributed by atoms with Crippen molar-refractivity contribution < 1.29 is 4.74 Å². The lowest BCUT2D eigenvalue weighted by Crippen LogP contribution is -2.20. The van der Waals surface area contributed by atoms with Gasteiger partial charge in [0, 0.05) is 16.8 Å². The van der Waals surface area contributed by atoms with Gasteiger partial charge in [0.05, 0.1) is 6.54 Å². The number of aryl methyl sites for hydroxylation is 2. The molecule has 18 heavy (non-hydrogen) atoms. The quantitative estimate of drug-likeness (QED) is 0.924. The molecule has 0 aliphatic heterocycles. The fourth-order valence-electron chi connectivity index (χ4n) is 1.65. The summed E-state index contributed by atoms with van der Waals surface area (Å²) in [6, 6.07) is 7.11. The van der Waals surface area contributed by atoms with Crippen LogP contribution in [0.1, 0.15) is 11.3 Å². The summed E-state index contributed by atoms with van der Waals surface area (Å²) in [5, 5.41) is 3.63. The summed E-state index contributed by atoms with van der Waals surface area (Å²) in [4.78, 5) is 11.4. The number of hydrogen-bond donors (Lipinski definition) is 1. The van der Waals surface area contributed by atoms with Gasteiger partial charge in [-0.2, -0.15) is 0 Å². The molecule has 0 amide bonds. The number of halogens is 1. The average Bonchev–Trinajstić information content (AvgIpc) is 2.63. The Labute approximate surface area is 110 Å². The molecule has 0 aliphatic rings. The Bertz CT molecular complexity index is 601. The molecule has 2 rings (SSSR count). The largest absolute Gasteiger partial charge is 0.492 e. The second kappa shape index (κ2) is 5.31. The molecule has 1 aromatic heterocycles. The van der Waals surface area contributed by atoms with Crippen molar-refractivity contribution in [2.24, 2.45) is 0 Å². The van der Waals surface area contributed by atoms with E-state index >= 15 is 0 Å². The first-order valence-corrected chi connectivity index (χ1v) is 6.09. The van der Waals surface area contributed by atoms with E-state index in [1.165, 1.54) is 4.68 Å². The Kier molecular flexibility index (Phi) is 3.77. The third-order valence-electron chi connectivity index (χ3n) is 2.64. The van der Waals surface area contributed by atoms with Crippen LogP contribution in [0.4, 0.5) is 0 Å². The van der Waals surface area contributed by atoms with Crippen molar-refractivity contribution >= 4 is 11.6 Å². The van der Waals surface area contributed by atoms with Crippen molar-refractivity contribution in [3.63, 3.8) is 0 Å². The van der Waals surface area contributed by atoms with Gasteiger partial charge in [-0.05, 0) is 31.5 Å². The molecule has 0 bridgehead atoms. The summed E-state index contributed by atoms with van der Waals surface area (Å²) < 4.78 is 7.06. The molecule has 5 heteroatoms. The highest BCUT2D eigenvalue weighted by Gasteiger charge is 2.01. The molecule has 0 saturated heterocycles. The van der Waals surface area contributed by atoms with E-state index in [1.807, 2.05) is 26.0 Å². The van der Waals surface area contributed by atoms with Gasteiger partial charge in [-0.3, -0.25) is 9.89 Å². The van der Waals surface area contributed by atoms with Crippen LogP contribution in [0, 0.1) is 13.8 Å². The monoisotopic (exact) mass is 266 g/mol. The zero-order chi connectivity index (χ0) is 13.1. The minimum absolute atomic E-state index is 0.0435. The normalized spacial score (nSPS) is 10.6. The van der Waals surface area contributed by atoms with E-state index in [4.69, 9.17) is 16.3 Å². The molecule has 0 atom stereocenters. The third-order valence-corrected chi connectivity index (χ3v) is 3.05. The molecule has 0 radical (unpaired) electrons. The van der Waals surface area contributed by atoms with E-state index in [-0.39, 0.29) is 5.56 Å². The number of rotatable bonds is 4. The molecule has 0 spiro atoms. The van der Waals surface area contributed by atoms with E-state index < -0.39 is 0 Å². The van der Waals surface area contributed by atoms with Gasteiger partial charge in [-0.15, -0.1) is 0 Å². The number of aromatic nitrogens is 2. The lowest BCUT2D eigenvalue weighted by atomic mass is 10.2. The van der Waals surface area contributed by atoms with Gasteiger partial charge in [-0.1, -0.05) is 17.7 Å². The minimum Gasteiger partial charge on any atom is -0.492 e. The summed E-state index contributed by atoms with van der Waals surface area (Å²) in [7, 11) is 0. The van der Waals surface area contributed by atoms with Crippen LogP contribution in [0.3, 0.4) is 0 Å². The van der Waals surface area contributed by atoms with E-state index in [0.29, 0.717) is 23.9 Å². The number of H-pyrrole nitrogens is 1.